The van der Waals surface area contributed by atoms with Crippen LogP contribution in [0.15, 0.2) is 60.7 Å². The van der Waals surface area contributed by atoms with E-state index in [4.69, 9.17) is 9.47 Å². The van der Waals surface area contributed by atoms with Gasteiger partial charge in [-0.3, -0.25) is 20.4 Å². The number of ether oxygens (including phenoxy) is 2. The number of hydrogen-bond donors (Lipinski definition) is 6. The molecule has 0 aliphatic carbocycles. The van der Waals surface area contributed by atoms with Crippen molar-refractivity contribution in [3.05, 3.63) is 71.8 Å². The Morgan fingerprint density at radius 3 is 1.50 bits per heavy atom. The quantitative estimate of drug-likeness (QED) is 0.230. The van der Waals surface area contributed by atoms with Gasteiger partial charge in [-0.1, -0.05) is 81.4 Å². The second kappa shape index (κ2) is 16.9. The van der Waals surface area contributed by atoms with Crippen molar-refractivity contribution < 1.29 is 33.4 Å². The molecule has 6 N–H and O–H groups in total. The fourth-order valence-corrected chi connectivity index (χ4v) is 3.31. The molecule has 13 heteroatoms. The summed E-state index contributed by atoms with van der Waals surface area (Å²) in [4.78, 5) is 61.3. The molecule has 0 saturated heterocycles. The van der Waals surface area contributed by atoms with Crippen LogP contribution in [0.3, 0.4) is 0 Å². The monoisotopic (exact) mass is 556 g/mol. The molecule has 0 aromatic heterocycles. The van der Waals surface area contributed by atoms with Crippen molar-refractivity contribution in [2.24, 2.45) is 5.92 Å². The predicted molar refractivity (Wildman–Crippen MR) is 145 cm³/mol. The third-order valence-electron chi connectivity index (χ3n) is 5.36. The molecule has 0 fully saturated rings. The topological polar surface area (TPSA) is 176 Å². The van der Waals surface area contributed by atoms with Gasteiger partial charge in [0.25, 0.3) is 11.8 Å². The molecule has 0 unspecified atom stereocenters. The molecule has 216 valence electrons. The van der Waals surface area contributed by atoms with Crippen LogP contribution >= 0.6 is 0 Å². The van der Waals surface area contributed by atoms with E-state index >= 15 is 0 Å². The Morgan fingerprint density at radius 2 is 1.07 bits per heavy atom. The number of amides is 6. The van der Waals surface area contributed by atoms with Gasteiger partial charge in [0.1, 0.15) is 25.3 Å². The first-order chi connectivity index (χ1) is 19.2. The molecule has 40 heavy (non-hydrogen) atoms. The zero-order chi connectivity index (χ0) is 29.3. The zero-order valence-corrected chi connectivity index (χ0v) is 22.7. The zero-order valence-electron chi connectivity index (χ0n) is 22.7. The van der Waals surface area contributed by atoms with E-state index in [-0.39, 0.29) is 32.0 Å². The van der Waals surface area contributed by atoms with Gasteiger partial charge in [0.2, 0.25) is 0 Å². The number of hydrazine groups is 2. The second-order valence-electron chi connectivity index (χ2n) is 9.11. The maximum atomic E-state index is 12.6. The highest BCUT2D eigenvalue weighted by Gasteiger charge is 2.24. The summed E-state index contributed by atoms with van der Waals surface area (Å²) in [5, 5.41) is 4.90. The Labute approximate surface area is 232 Å². The van der Waals surface area contributed by atoms with E-state index in [0.717, 1.165) is 11.1 Å². The van der Waals surface area contributed by atoms with Crippen LogP contribution in [0.4, 0.5) is 14.4 Å². The van der Waals surface area contributed by atoms with Crippen LogP contribution < -0.4 is 32.3 Å². The Kier molecular flexibility index (Phi) is 13.3. The van der Waals surface area contributed by atoms with Crippen LogP contribution in [0.1, 0.15) is 44.7 Å². The van der Waals surface area contributed by atoms with Crippen LogP contribution in [-0.4, -0.2) is 42.1 Å². The summed E-state index contributed by atoms with van der Waals surface area (Å²) < 4.78 is 10.3. The summed E-state index contributed by atoms with van der Waals surface area (Å²) in [6, 6.07) is 15.1. The number of alkyl carbamates (subject to hydrolysis) is 2. The third kappa shape index (κ3) is 12.2. The first kappa shape index (κ1) is 31.4. The lowest BCUT2D eigenvalue weighted by Crippen LogP contribution is -2.58. The van der Waals surface area contributed by atoms with Gasteiger partial charge < -0.3 is 20.1 Å². The summed E-state index contributed by atoms with van der Waals surface area (Å²) in [5.74, 6) is -1.36. The number of carbonyl (C=O) groups excluding carboxylic acids is 5. The minimum absolute atomic E-state index is 0.0292. The average Bonchev–Trinajstić information content (AvgIpc) is 2.95. The van der Waals surface area contributed by atoms with E-state index in [1.165, 1.54) is 0 Å². The molecule has 2 atom stereocenters. The van der Waals surface area contributed by atoms with E-state index in [1.54, 1.807) is 43.3 Å². The molecule has 0 aliphatic heterocycles. The fourth-order valence-electron chi connectivity index (χ4n) is 3.31. The first-order valence-corrected chi connectivity index (χ1v) is 12.8. The van der Waals surface area contributed by atoms with Crippen molar-refractivity contribution >= 4 is 30.0 Å². The van der Waals surface area contributed by atoms with Gasteiger partial charge >= 0.3 is 18.2 Å². The molecule has 0 aliphatic rings. The number of benzene rings is 2. The second-order valence-corrected chi connectivity index (χ2v) is 9.11. The summed E-state index contributed by atoms with van der Waals surface area (Å²) in [6.07, 6.45) is -1.10. The van der Waals surface area contributed by atoms with Crippen LogP contribution in [0.5, 0.6) is 0 Å². The summed E-state index contributed by atoms with van der Waals surface area (Å²) in [7, 11) is 0. The van der Waals surface area contributed by atoms with Gasteiger partial charge in [-0.2, -0.15) is 0 Å². The minimum atomic E-state index is -0.992. The molecule has 2 rings (SSSR count). The molecular formula is C27H36N6O7. The molecule has 0 heterocycles. The molecule has 13 nitrogen and oxygen atoms in total. The highest BCUT2D eigenvalue weighted by molar-refractivity contribution is 5.89. The molecule has 0 bridgehead atoms. The molecule has 0 radical (unpaired) electrons. The number of hydrogen-bond acceptors (Lipinski definition) is 7. The molecule has 0 saturated carbocycles. The van der Waals surface area contributed by atoms with E-state index in [2.05, 4.69) is 32.3 Å². The molecule has 2 aromatic carbocycles. The Hall–Kier alpha value is -4.81. The average molecular weight is 557 g/mol. The summed E-state index contributed by atoms with van der Waals surface area (Å²) >= 11 is 0. The van der Waals surface area contributed by atoms with Gasteiger partial charge in [-0.25, -0.2) is 25.2 Å². The van der Waals surface area contributed by atoms with Gasteiger partial charge in [-0.05, 0) is 29.9 Å². The lowest BCUT2D eigenvalue weighted by atomic mass is 10.0. The maximum Gasteiger partial charge on any atom is 0.408 e. The number of nitrogens with one attached hydrogen (secondary N) is 6. The summed E-state index contributed by atoms with van der Waals surface area (Å²) in [5.41, 5.74) is 10.1. The van der Waals surface area contributed by atoms with Crippen LogP contribution in [-0.2, 0) is 32.3 Å². The van der Waals surface area contributed by atoms with E-state index in [0.29, 0.717) is 0 Å². The van der Waals surface area contributed by atoms with Gasteiger partial charge in [-0.15, -0.1) is 0 Å². The normalized spacial score (nSPS) is 11.8. The molecule has 6 amide bonds. The van der Waals surface area contributed by atoms with E-state index in [1.807, 2.05) is 38.1 Å². The predicted octanol–water partition coefficient (Wildman–Crippen LogP) is 2.39. The maximum absolute atomic E-state index is 12.6. The van der Waals surface area contributed by atoms with Crippen molar-refractivity contribution in [3.8, 4) is 0 Å². The third-order valence-corrected chi connectivity index (χ3v) is 5.36. The van der Waals surface area contributed by atoms with Crippen molar-refractivity contribution in [2.75, 3.05) is 0 Å². The van der Waals surface area contributed by atoms with Crippen LogP contribution in [0, 0.1) is 5.92 Å². The van der Waals surface area contributed by atoms with E-state index < -0.39 is 42.1 Å². The molecule has 2 aromatic rings. The Bertz CT molecular complexity index is 1110. The van der Waals surface area contributed by atoms with Crippen molar-refractivity contribution in [2.45, 2.75) is 58.9 Å². The Balaban J connectivity index is 1.75. The van der Waals surface area contributed by atoms with Crippen molar-refractivity contribution in [1.82, 2.24) is 32.3 Å². The van der Waals surface area contributed by atoms with Crippen LogP contribution in [0.2, 0.25) is 0 Å². The summed E-state index contributed by atoms with van der Waals surface area (Å²) in [6.45, 7) is 5.45. The highest BCUT2D eigenvalue weighted by Crippen LogP contribution is 2.06. The number of urea groups is 1. The number of carbonyl (C=O) groups is 5. The molecule has 0 spiro atoms. The minimum Gasteiger partial charge on any atom is -0.445 e. The first-order valence-electron chi connectivity index (χ1n) is 12.8. The SMILES string of the molecule is CC[C@H](NC(=O)OCc1ccccc1)C(=O)NNC(=O)NNC(=O)[C@H](CC(C)C)NC(=O)OCc1ccccc1. The standard InChI is InChI=1S/C27H36N6O7/c1-4-21(28-26(37)39-16-19-11-7-5-8-12-19)23(34)30-32-25(36)33-31-24(35)22(15-18(2)3)29-27(38)40-17-20-13-9-6-10-14-20/h5-14,18,21-22H,4,15-17H2,1-3H3,(H,28,37)(H,29,38)(H,30,34)(H,31,35)(H2,32,33,36)/t21-,22-/m0/s1. The molecular weight excluding hydrogens is 520 g/mol. The highest BCUT2D eigenvalue weighted by atomic mass is 16.6. The Morgan fingerprint density at radius 1 is 0.650 bits per heavy atom. The fraction of sp³-hybridized carbons (Fsp3) is 0.370. The van der Waals surface area contributed by atoms with Crippen LogP contribution in [0.25, 0.3) is 0 Å². The van der Waals surface area contributed by atoms with Crippen molar-refractivity contribution in [3.63, 3.8) is 0 Å². The number of rotatable bonds is 11. The van der Waals surface area contributed by atoms with E-state index in [9.17, 15) is 24.0 Å². The largest absolute Gasteiger partial charge is 0.445 e. The lowest BCUT2D eigenvalue weighted by molar-refractivity contribution is -0.124. The van der Waals surface area contributed by atoms with Gasteiger partial charge in [0, 0.05) is 0 Å². The van der Waals surface area contributed by atoms with Gasteiger partial charge in [0.15, 0.2) is 0 Å². The lowest BCUT2D eigenvalue weighted by Gasteiger charge is -2.20. The van der Waals surface area contributed by atoms with Crippen molar-refractivity contribution in [1.29, 1.82) is 0 Å². The van der Waals surface area contributed by atoms with Gasteiger partial charge in [0.05, 0.1) is 0 Å². The smallest absolute Gasteiger partial charge is 0.408 e.